The topological polar surface area (TPSA) is 64.1 Å². The third-order valence-electron chi connectivity index (χ3n) is 3.07. The molecule has 2 atom stereocenters. The minimum Gasteiger partial charge on any atom is -0.394 e. The molecule has 0 amide bonds. The molecule has 18 heavy (non-hydrogen) atoms. The molecule has 2 aromatic heterocycles. The van der Waals surface area contributed by atoms with Crippen LogP contribution in [-0.4, -0.2) is 27.3 Å². The van der Waals surface area contributed by atoms with E-state index in [1.807, 2.05) is 28.3 Å². The highest BCUT2D eigenvalue weighted by Crippen LogP contribution is 2.27. The lowest BCUT2D eigenvalue weighted by atomic mass is 10.0. The lowest BCUT2D eigenvalue weighted by Crippen LogP contribution is -2.34. The van der Waals surface area contributed by atoms with E-state index < -0.39 is 0 Å². The van der Waals surface area contributed by atoms with Crippen LogP contribution < -0.4 is 5.73 Å². The van der Waals surface area contributed by atoms with E-state index in [9.17, 15) is 5.11 Å². The van der Waals surface area contributed by atoms with E-state index in [4.69, 9.17) is 5.73 Å². The predicted molar refractivity (Wildman–Crippen MR) is 74.5 cm³/mol. The lowest BCUT2D eigenvalue weighted by molar-refractivity contribution is 0.203. The first kappa shape index (κ1) is 13.3. The summed E-state index contributed by atoms with van der Waals surface area (Å²) in [5.41, 5.74) is 6.15. The zero-order valence-corrected chi connectivity index (χ0v) is 11.3. The summed E-state index contributed by atoms with van der Waals surface area (Å²) < 4.78 is 1.99. The second-order valence-corrected chi connectivity index (χ2v) is 5.29. The summed E-state index contributed by atoms with van der Waals surface area (Å²) in [6.07, 6.45) is 5.57. The van der Waals surface area contributed by atoms with Crippen LogP contribution in [0.1, 0.15) is 25.8 Å². The number of hydrogen-bond donors (Lipinski definition) is 2. The summed E-state index contributed by atoms with van der Waals surface area (Å²) in [5.74, 6) is 0.885. The molecular weight excluding hydrogens is 246 g/mol. The van der Waals surface area contributed by atoms with Crippen molar-refractivity contribution in [2.75, 3.05) is 6.61 Å². The molecule has 0 saturated carbocycles. The highest BCUT2D eigenvalue weighted by molar-refractivity contribution is 7.13. The molecule has 2 rings (SSSR count). The molecule has 2 unspecified atom stereocenters. The molecule has 0 bridgehead atoms. The molecule has 2 aromatic rings. The van der Waals surface area contributed by atoms with Crippen molar-refractivity contribution in [2.45, 2.75) is 31.8 Å². The number of hydrogen-bond acceptors (Lipinski definition) is 4. The van der Waals surface area contributed by atoms with Crippen molar-refractivity contribution in [1.29, 1.82) is 0 Å². The number of nitrogens with two attached hydrogens (primary N) is 1. The molecule has 4 nitrogen and oxygen atoms in total. The number of aliphatic hydroxyl groups is 1. The van der Waals surface area contributed by atoms with E-state index in [0.717, 1.165) is 23.5 Å². The number of imidazole rings is 1. The molecule has 98 valence electrons. The molecule has 3 N–H and O–H groups in total. The van der Waals surface area contributed by atoms with E-state index in [1.165, 1.54) is 0 Å². The summed E-state index contributed by atoms with van der Waals surface area (Å²) in [6.45, 7) is 2.14. The van der Waals surface area contributed by atoms with Crippen molar-refractivity contribution in [1.82, 2.24) is 9.55 Å². The van der Waals surface area contributed by atoms with Gasteiger partial charge in [0.2, 0.25) is 0 Å². The van der Waals surface area contributed by atoms with Gasteiger partial charge < -0.3 is 15.4 Å². The highest BCUT2D eigenvalue weighted by Gasteiger charge is 2.21. The third kappa shape index (κ3) is 2.63. The van der Waals surface area contributed by atoms with Gasteiger partial charge in [0, 0.05) is 18.4 Å². The zero-order valence-electron chi connectivity index (χ0n) is 10.5. The Morgan fingerprint density at radius 2 is 2.39 bits per heavy atom. The maximum absolute atomic E-state index is 9.59. The molecule has 2 heterocycles. The Balaban J connectivity index is 2.29. The third-order valence-corrected chi connectivity index (χ3v) is 3.94. The predicted octanol–water partition coefficient (Wildman–Crippen LogP) is 2.27. The van der Waals surface area contributed by atoms with Gasteiger partial charge in [0.15, 0.2) is 0 Å². The van der Waals surface area contributed by atoms with Gasteiger partial charge in [0.1, 0.15) is 5.82 Å². The van der Waals surface area contributed by atoms with Gasteiger partial charge >= 0.3 is 0 Å². The molecule has 0 fully saturated rings. The fourth-order valence-corrected chi connectivity index (χ4v) is 2.86. The largest absolute Gasteiger partial charge is 0.394 e. The fourth-order valence-electron chi connectivity index (χ4n) is 2.13. The summed E-state index contributed by atoms with van der Waals surface area (Å²) >= 11 is 1.64. The van der Waals surface area contributed by atoms with Crippen LogP contribution in [0.4, 0.5) is 0 Å². The minimum absolute atomic E-state index is 0.0376. The standard InChI is InChI=1S/C13H19N3OS/c1-2-4-10(14)11(9-17)16-7-6-15-13(16)12-5-3-8-18-12/h3,5-8,10-11,17H,2,4,9,14H2,1H3. The van der Waals surface area contributed by atoms with Crippen LogP contribution >= 0.6 is 11.3 Å². The maximum atomic E-state index is 9.59. The Hall–Kier alpha value is -1.17. The fraction of sp³-hybridized carbons (Fsp3) is 0.462. The second-order valence-electron chi connectivity index (χ2n) is 4.34. The summed E-state index contributed by atoms with van der Waals surface area (Å²) in [5, 5.41) is 11.6. The molecule has 0 saturated heterocycles. The number of rotatable bonds is 6. The van der Waals surface area contributed by atoms with Crippen LogP contribution in [0.2, 0.25) is 0 Å². The maximum Gasteiger partial charge on any atom is 0.150 e. The van der Waals surface area contributed by atoms with Crippen molar-refractivity contribution >= 4 is 11.3 Å². The second kappa shape index (κ2) is 6.13. The molecule has 0 aromatic carbocycles. The monoisotopic (exact) mass is 265 g/mol. The van der Waals surface area contributed by atoms with Gasteiger partial charge in [-0.15, -0.1) is 11.3 Å². The first-order valence-electron chi connectivity index (χ1n) is 6.21. The summed E-state index contributed by atoms with van der Waals surface area (Å²) in [4.78, 5) is 5.48. The first-order chi connectivity index (χ1) is 8.77. The highest BCUT2D eigenvalue weighted by atomic mass is 32.1. The molecule has 0 aliphatic rings. The quantitative estimate of drug-likeness (QED) is 0.842. The van der Waals surface area contributed by atoms with Gasteiger partial charge in [0.05, 0.1) is 17.5 Å². The van der Waals surface area contributed by atoms with Crippen molar-refractivity contribution in [3.05, 3.63) is 29.9 Å². The average molecular weight is 265 g/mol. The SMILES string of the molecule is CCCC(N)C(CO)n1ccnc1-c1cccs1. The number of thiophene rings is 1. The Morgan fingerprint density at radius 1 is 1.56 bits per heavy atom. The van der Waals surface area contributed by atoms with Gasteiger partial charge in [-0.3, -0.25) is 0 Å². The van der Waals surface area contributed by atoms with E-state index in [-0.39, 0.29) is 18.7 Å². The van der Waals surface area contributed by atoms with Gasteiger partial charge in [-0.1, -0.05) is 19.4 Å². The van der Waals surface area contributed by atoms with Crippen molar-refractivity contribution in [3.63, 3.8) is 0 Å². The van der Waals surface area contributed by atoms with E-state index in [2.05, 4.69) is 11.9 Å². The van der Waals surface area contributed by atoms with E-state index in [0.29, 0.717) is 0 Å². The molecule has 0 spiro atoms. The Labute approximate surface area is 111 Å². The molecular formula is C13H19N3OS. The van der Waals surface area contributed by atoms with Gasteiger partial charge in [0.25, 0.3) is 0 Å². The Morgan fingerprint density at radius 3 is 3.00 bits per heavy atom. The van der Waals surface area contributed by atoms with E-state index >= 15 is 0 Å². The smallest absolute Gasteiger partial charge is 0.150 e. The number of aliphatic hydroxyl groups excluding tert-OH is 1. The molecule has 0 aliphatic heterocycles. The summed E-state index contributed by atoms with van der Waals surface area (Å²) in [7, 11) is 0. The van der Waals surface area contributed by atoms with Gasteiger partial charge in [-0.2, -0.15) is 0 Å². The van der Waals surface area contributed by atoms with Crippen LogP contribution in [0.3, 0.4) is 0 Å². The molecule has 5 heteroatoms. The van der Waals surface area contributed by atoms with Crippen LogP contribution in [0.25, 0.3) is 10.7 Å². The van der Waals surface area contributed by atoms with Gasteiger partial charge in [-0.05, 0) is 17.9 Å². The zero-order chi connectivity index (χ0) is 13.0. The van der Waals surface area contributed by atoms with Crippen LogP contribution in [0.5, 0.6) is 0 Å². The van der Waals surface area contributed by atoms with Crippen molar-refractivity contribution in [2.24, 2.45) is 5.73 Å². The Bertz CT molecular complexity index is 466. The number of nitrogens with zero attached hydrogens (tertiary/aromatic N) is 2. The summed E-state index contributed by atoms with van der Waals surface area (Å²) in [6, 6.07) is 3.87. The van der Waals surface area contributed by atoms with Crippen LogP contribution in [-0.2, 0) is 0 Å². The van der Waals surface area contributed by atoms with Gasteiger partial charge in [-0.25, -0.2) is 4.98 Å². The number of aromatic nitrogens is 2. The van der Waals surface area contributed by atoms with Crippen LogP contribution in [0, 0.1) is 0 Å². The normalized spacial score (nSPS) is 14.6. The van der Waals surface area contributed by atoms with Crippen LogP contribution in [0.15, 0.2) is 29.9 Å². The minimum atomic E-state index is -0.107. The molecule has 0 aliphatic carbocycles. The first-order valence-corrected chi connectivity index (χ1v) is 7.09. The molecule has 0 radical (unpaired) electrons. The van der Waals surface area contributed by atoms with Crippen molar-refractivity contribution < 1.29 is 5.11 Å². The van der Waals surface area contributed by atoms with Crippen molar-refractivity contribution in [3.8, 4) is 10.7 Å². The average Bonchev–Trinajstić information content (AvgIpc) is 2.99. The Kier molecular flexibility index (Phi) is 4.52. The lowest BCUT2D eigenvalue weighted by Gasteiger charge is -2.24. The van der Waals surface area contributed by atoms with E-state index in [1.54, 1.807) is 17.5 Å².